The molecule has 1 saturated heterocycles. The van der Waals surface area contributed by atoms with Gasteiger partial charge in [0.05, 0.1) is 10.6 Å². The van der Waals surface area contributed by atoms with Gasteiger partial charge < -0.3 is 9.80 Å². The number of halogens is 3. The first-order valence-electron chi connectivity index (χ1n) is 7.52. The summed E-state index contributed by atoms with van der Waals surface area (Å²) in [5, 5.41) is 18.9. The van der Waals surface area contributed by atoms with Crippen molar-refractivity contribution in [2.75, 3.05) is 31.1 Å². The molecule has 0 N–H and O–H groups in total. The van der Waals surface area contributed by atoms with Crippen molar-refractivity contribution < 1.29 is 9.72 Å². The fourth-order valence-corrected chi connectivity index (χ4v) is 3.11. The number of rotatable bonds is 3. The van der Waals surface area contributed by atoms with Crippen LogP contribution in [0.4, 0.5) is 11.4 Å². The zero-order valence-corrected chi connectivity index (χ0v) is 15.5. The van der Waals surface area contributed by atoms with Gasteiger partial charge in [0.2, 0.25) is 0 Å². The predicted molar refractivity (Wildman–Crippen MR) is 97.1 cm³/mol. The van der Waals surface area contributed by atoms with Gasteiger partial charge in [-0.1, -0.05) is 34.8 Å². The summed E-state index contributed by atoms with van der Waals surface area (Å²) in [6.07, 6.45) is 2.92. The fourth-order valence-electron chi connectivity index (χ4n) is 2.75. The Morgan fingerprint density at radius 1 is 1.12 bits per heavy atom. The predicted octanol–water partition coefficient (Wildman–Crippen LogP) is 2.19. The molecule has 0 radical (unpaired) electrons. The Balaban J connectivity index is 1.80. The summed E-state index contributed by atoms with van der Waals surface area (Å²) >= 11 is 16.9. The van der Waals surface area contributed by atoms with Gasteiger partial charge in [-0.25, -0.2) is 0 Å². The maximum Gasteiger partial charge on any atom is 0.294 e. The molecule has 26 heavy (non-hydrogen) atoms. The summed E-state index contributed by atoms with van der Waals surface area (Å²) in [5.41, 5.74) is 1.00. The van der Waals surface area contributed by atoms with Gasteiger partial charge in [0.25, 0.3) is 15.4 Å². The summed E-state index contributed by atoms with van der Waals surface area (Å²) in [7, 11) is 0. The van der Waals surface area contributed by atoms with Crippen molar-refractivity contribution in [2.45, 2.75) is 3.79 Å². The summed E-state index contributed by atoms with van der Waals surface area (Å²) in [6.45, 7) is 1.38. The lowest BCUT2D eigenvalue weighted by molar-refractivity contribution is -0.384. The van der Waals surface area contributed by atoms with E-state index in [0.29, 0.717) is 37.6 Å². The van der Waals surface area contributed by atoms with Crippen LogP contribution in [0.3, 0.4) is 0 Å². The molecular formula is C14H13Cl3N6O3. The number of nitro benzene ring substituents is 1. The smallest absolute Gasteiger partial charge is 0.294 e. The van der Waals surface area contributed by atoms with Crippen molar-refractivity contribution in [3.63, 3.8) is 0 Å². The first-order chi connectivity index (χ1) is 12.3. The average Bonchev–Trinajstić information content (AvgIpc) is 3.14. The largest absolute Gasteiger partial charge is 0.362 e. The minimum Gasteiger partial charge on any atom is -0.362 e. The minimum absolute atomic E-state index is 0.0441. The third-order valence-electron chi connectivity index (χ3n) is 4.02. The Morgan fingerprint density at radius 2 is 1.73 bits per heavy atom. The number of nitro groups is 1. The lowest BCUT2D eigenvalue weighted by Crippen LogP contribution is -2.51. The lowest BCUT2D eigenvalue weighted by Gasteiger charge is -2.36. The van der Waals surface area contributed by atoms with E-state index in [4.69, 9.17) is 34.8 Å². The van der Waals surface area contributed by atoms with Crippen LogP contribution in [0.5, 0.6) is 0 Å². The van der Waals surface area contributed by atoms with E-state index in [1.54, 1.807) is 16.7 Å². The summed E-state index contributed by atoms with van der Waals surface area (Å²) in [5.74, 6) is -0.598. The first-order valence-corrected chi connectivity index (χ1v) is 8.65. The Bertz CT molecular complexity index is 816. The van der Waals surface area contributed by atoms with Gasteiger partial charge in [-0.3, -0.25) is 19.5 Å². The maximum absolute atomic E-state index is 12.0. The molecule has 1 aliphatic rings. The second-order valence-corrected chi connectivity index (χ2v) is 7.86. The van der Waals surface area contributed by atoms with Crippen LogP contribution in [0.2, 0.25) is 0 Å². The van der Waals surface area contributed by atoms with Gasteiger partial charge in [0, 0.05) is 32.2 Å². The number of alkyl halides is 3. The second kappa shape index (κ2) is 7.26. The molecule has 0 spiro atoms. The molecule has 1 aliphatic heterocycles. The van der Waals surface area contributed by atoms with Gasteiger partial charge in [-0.2, -0.15) is 0 Å². The molecular weight excluding hydrogens is 407 g/mol. The summed E-state index contributed by atoms with van der Waals surface area (Å²) < 4.78 is -0.428. The lowest BCUT2D eigenvalue weighted by atomic mass is 10.2. The molecule has 3 rings (SSSR count). The summed E-state index contributed by atoms with van der Waals surface area (Å²) in [4.78, 5) is 26.3. The van der Waals surface area contributed by atoms with Crippen molar-refractivity contribution in [3.8, 4) is 5.69 Å². The molecule has 2 heterocycles. The minimum atomic E-state index is -2.01. The molecule has 138 valence electrons. The Kier molecular flexibility index (Phi) is 5.22. The molecule has 2 aromatic rings. The van der Waals surface area contributed by atoms with E-state index < -0.39 is 14.6 Å². The third-order valence-corrected chi connectivity index (χ3v) is 4.51. The van der Waals surface area contributed by atoms with Crippen molar-refractivity contribution >= 4 is 52.1 Å². The van der Waals surface area contributed by atoms with Crippen molar-refractivity contribution in [3.05, 3.63) is 41.0 Å². The van der Waals surface area contributed by atoms with Crippen LogP contribution in [-0.2, 0) is 4.79 Å². The number of benzene rings is 1. The number of aromatic nitrogens is 3. The number of anilines is 1. The van der Waals surface area contributed by atoms with Crippen molar-refractivity contribution in [1.29, 1.82) is 0 Å². The molecule has 1 fully saturated rings. The number of nitrogens with zero attached hydrogens (tertiary/aromatic N) is 6. The maximum atomic E-state index is 12.0. The second-order valence-electron chi connectivity index (χ2n) is 5.58. The number of carbonyl (C=O) groups is 1. The van der Waals surface area contributed by atoms with Gasteiger partial charge in [-0.05, 0) is 12.1 Å². The van der Waals surface area contributed by atoms with E-state index in [2.05, 4.69) is 10.2 Å². The van der Waals surface area contributed by atoms with Gasteiger partial charge in [-0.15, -0.1) is 10.2 Å². The van der Waals surface area contributed by atoms with Crippen LogP contribution in [0.1, 0.15) is 0 Å². The number of hydrogen-bond acceptors (Lipinski definition) is 6. The zero-order chi connectivity index (χ0) is 18.9. The molecule has 1 amide bonds. The van der Waals surface area contributed by atoms with E-state index in [1.165, 1.54) is 23.6 Å². The third kappa shape index (κ3) is 3.84. The molecule has 1 aromatic carbocycles. The van der Waals surface area contributed by atoms with E-state index in [-0.39, 0.29) is 5.69 Å². The van der Waals surface area contributed by atoms with Crippen LogP contribution >= 0.6 is 34.8 Å². The molecule has 12 heteroatoms. The molecule has 1 aromatic heterocycles. The average molecular weight is 420 g/mol. The van der Waals surface area contributed by atoms with E-state index in [9.17, 15) is 14.9 Å². The summed E-state index contributed by atoms with van der Waals surface area (Å²) in [6, 6.07) is 4.86. The molecule has 0 atom stereocenters. The van der Waals surface area contributed by atoms with E-state index >= 15 is 0 Å². The normalized spacial score (nSPS) is 15.2. The van der Waals surface area contributed by atoms with Crippen LogP contribution < -0.4 is 4.90 Å². The van der Waals surface area contributed by atoms with Crippen LogP contribution in [0.15, 0.2) is 30.9 Å². The van der Waals surface area contributed by atoms with E-state index in [1.807, 2.05) is 4.90 Å². The molecule has 0 aliphatic carbocycles. The highest BCUT2D eigenvalue weighted by Gasteiger charge is 2.37. The topological polar surface area (TPSA) is 97.4 Å². The number of hydrogen-bond donors (Lipinski definition) is 0. The number of amides is 1. The van der Waals surface area contributed by atoms with Gasteiger partial charge in [0.15, 0.2) is 0 Å². The molecule has 0 saturated carbocycles. The Labute approximate surface area is 163 Å². The monoisotopic (exact) mass is 418 g/mol. The van der Waals surface area contributed by atoms with Crippen LogP contribution in [0.25, 0.3) is 5.69 Å². The van der Waals surface area contributed by atoms with Crippen molar-refractivity contribution in [1.82, 2.24) is 19.7 Å². The Hall–Kier alpha value is -2.10. The Morgan fingerprint density at radius 3 is 2.27 bits per heavy atom. The quantitative estimate of drug-likeness (QED) is 0.430. The highest BCUT2D eigenvalue weighted by atomic mass is 35.6. The van der Waals surface area contributed by atoms with Gasteiger partial charge >= 0.3 is 0 Å². The standard InChI is InChI=1S/C14H13Cl3N6O3/c15-14(16,17)13(24)21-5-3-20(4-6-21)11-2-1-10(7-12(11)23(25)26)22-8-18-19-9-22/h1-2,7-9H,3-6H2. The van der Waals surface area contributed by atoms with E-state index in [0.717, 1.165) is 0 Å². The van der Waals surface area contributed by atoms with Crippen molar-refractivity contribution in [2.24, 2.45) is 0 Å². The van der Waals surface area contributed by atoms with Crippen LogP contribution in [0, 0.1) is 10.1 Å². The zero-order valence-electron chi connectivity index (χ0n) is 13.3. The highest BCUT2D eigenvalue weighted by Crippen LogP contribution is 2.33. The fraction of sp³-hybridized carbons (Fsp3) is 0.357. The molecule has 0 unspecified atom stereocenters. The van der Waals surface area contributed by atoms with Gasteiger partial charge in [0.1, 0.15) is 18.3 Å². The number of piperazine rings is 1. The highest BCUT2D eigenvalue weighted by molar-refractivity contribution is 6.76. The molecule has 0 bridgehead atoms. The number of carbonyl (C=O) groups excluding carboxylic acids is 1. The SMILES string of the molecule is O=C(N1CCN(c2ccc(-n3cnnc3)cc2[N+](=O)[O-])CC1)C(Cl)(Cl)Cl. The molecule has 9 nitrogen and oxygen atoms in total. The van der Waals surface area contributed by atoms with Crippen LogP contribution in [-0.4, -0.2) is 60.5 Å². The first kappa shape index (κ1) is 18.7.